The molecule has 3 heterocycles. The van der Waals surface area contributed by atoms with Crippen LogP contribution in [0.3, 0.4) is 0 Å². The summed E-state index contributed by atoms with van der Waals surface area (Å²) in [6, 6.07) is 9.96. The number of aromatic nitrogens is 1. The largest absolute Gasteiger partial charge is 0.451 e. The van der Waals surface area contributed by atoms with Gasteiger partial charge in [0, 0.05) is 43.0 Å². The minimum absolute atomic E-state index is 0.0409. The van der Waals surface area contributed by atoms with E-state index in [1.165, 1.54) is 30.3 Å². The first-order valence-electron chi connectivity index (χ1n) is 10.8. The van der Waals surface area contributed by atoms with Gasteiger partial charge in [-0.05, 0) is 42.7 Å². The van der Waals surface area contributed by atoms with Crippen molar-refractivity contribution in [2.45, 2.75) is 18.9 Å². The number of fused-ring (bicyclic) bond motifs is 4. The van der Waals surface area contributed by atoms with Crippen LogP contribution in [0.1, 0.15) is 18.0 Å². The first kappa shape index (κ1) is 22.9. The summed E-state index contributed by atoms with van der Waals surface area (Å²) in [5, 5.41) is 2.72. The fraction of sp³-hybridized carbons (Fsp3) is 0.250. The first-order chi connectivity index (χ1) is 16.7. The molecule has 3 aromatic rings. The number of benzene rings is 2. The molecule has 1 unspecified atom stereocenters. The second-order valence-corrected chi connectivity index (χ2v) is 8.56. The number of carbonyl (C=O) groups excluding carboxylic acids is 1. The molecule has 35 heavy (non-hydrogen) atoms. The zero-order valence-corrected chi connectivity index (χ0v) is 18.0. The van der Waals surface area contributed by atoms with Crippen molar-refractivity contribution in [3.05, 3.63) is 87.6 Å². The van der Waals surface area contributed by atoms with E-state index >= 15 is 0 Å². The highest BCUT2D eigenvalue weighted by Crippen LogP contribution is 2.36. The lowest BCUT2D eigenvalue weighted by Gasteiger charge is -2.42. The number of nitrogens with zero attached hydrogens (tertiary/aromatic N) is 2. The summed E-state index contributed by atoms with van der Waals surface area (Å²) < 4.78 is 74.2. The molecule has 2 aliphatic heterocycles. The van der Waals surface area contributed by atoms with E-state index in [-0.39, 0.29) is 29.2 Å². The Bertz CT molecular complexity index is 1350. The molecule has 2 atom stereocenters. The fourth-order valence-corrected chi connectivity index (χ4v) is 4.66. The molecule has 0 saturated carbocycles. The third kappa shape index (κ3) is 4.11. The summed E-state index contributed by atoms with van der Waals surface area (Å²) in [6.07, 6.45) is 0.886. The Morgan fingerprint density at radius 1 is 0.857 bits per heavy atom. The summed E-state index contributed by atoms with van der Waals surface area (Å²) in [4.78, 5) is 26.7. The van der Waals surface area contributed by atoms with Gasteiger partial charge in [-0.2, -0.15) is 8.78 Å². The number of amides is 2. The van der Waals surface area contributed by atoms with Crippen molar-refractivity contribution in [1.82, 2.24) is 9.47 Å². The van der Waals surface area contributed by atoms with Crippen LogP contribution in [0.25, 0.3) is 0 Å². The normalized spacial score (nSPS) is 18.7. The van der Waals surface area contributed by atoms with Crippen molar-refractivity contribution in [1.29, 1.82) is 0 Å². The smallest absolute Gasteiger partial charge is 0.321 e. The molecule has 1 aromatic heterocycles. The molecule has 6 nitrogen and oxygen atoms in total. The third-order valence-corrected chi connectivity index (χ3v) is 6.26. The Labute approximate surface area is 195 Å². The molecular weight excluding hydrogens is 473 g/mol. The van der Waals surface area contributed by atoms with Gasteiger partial charge in [0.05, 0.1) is 0 Å². The number of rotatable bonds is 3. The van der Waals surface area contributed by atoms with Crippen LogP contribution in [-0.2, 0) is 6.54 Å². The SMILES string of the molecule is O=C(Nc1ccc(Oc2c(F)c(F)c(F)c(F)c2F)cc1)N1CC2C[C@@H](C1)c1cccc(=O)n1C2. The molecule has 0 aliphatic carbocycles. The standard InChI is InChI=1S/C24H18F5N3O3/c25-18-19(26)21(28)23(22(29)20(18)27)35-15-6-4-14(5-7-15)30-24(34)31-9-12-8-13(11-31)16-2-1-3-17(33)32(16)10-12/h1-7,12-13H,8-11H2,(H,30,34)/t12?,13-/m0/s1. The number of ether oxygens (including phenoxy) is 1. The quantitative estimate of drug-likeness (QED) is 0.319. The van der Waals surface area contributed by atoms with Crippen LogP contribution in [0.5, 0.6) is 11.5 Å². The molecule has 11 heteroatoms. The zero-order valence-electron chi connectivity index (χ0n) is 18.0. The van der Waals surface area contributed by atoms with Gasteiger partial charge in [-0.15, -0.1) is 0 Å². The summed E-state index contributed by atoms with van der Waals surface area (Å²) in [5.41, 5.74) is 1.19. The highest BCUT2D eigenvalue weighted by Gasteiger charge is 2.36. The van der Waals surface area contributed by atoms with Crippen molar-refractivity contribution < 1.29 is 31.5 Å². The predicted molar refractivity (Wildman–Crippen MR) is 115 cm³/mol. The number of nitrogens with one attached hydrogen (secondary N) is 1. The van der Waals surface area contributed by atoms with Crippen molar-refractivity contribution in [2.75, 3.05) is 18.4 Å². The van der Waals surface area contributed by atoms with Crippen LogP contribution in [0.4, 0.5) is 32.4 Å². The Morgan fingerprint density at radius 3 is 2.20 bits per heavy atom. The van der Waals surface area contributed by atoms with Gasteiger partial charge >= 0.3 is 6.03 Å². The molecule has 1 N–H and O–H groups in total. The van der Waals surface area contributed by atoms with Gasteiger partial charge in [0.25, 0.3) is 5.56 Å². The van der Waals surface area contributed by atoms with Gasteiger partial charge in [-0.25, -0.2) is 18.0 Å². The van der Waals surface area contributed by atoms with E-state index in [2.05, 4.69) is 5.32 Å². The predicted octanol–water partition coefficient (Wildman–Crippen LogP) is 4.99. The Balaban J connectivity index is 1.27. The van der Waals surface area contributed by atoms with Gasteiger partial charge in [0.1, 0.15) is 5.75 Å². The van der Waals surface area contributed by atoms with Gasteiger partial charge in [0.15, 0.2) is 0 Å². The van der Waals surface area contributed by atoms with E-state index in [4.69, 9.17) is 4.74 Å². The molecule has 1 saturated heterocycles. The van der Waals surface area contributed by atoms with Crippen molar-refractivity contribution >= 4 is 11.7 Å². The molecule has 2 amide bonds. The molecule has 0 radical (unpaired) electrons. The summed E-state index contributed by atoms with van der Waals surface area (Å²) >= 11 is 0. The monoisotopic (exact) mass is 491 g/mol. The summed E-state index contributed by atoms with van der Waals surface area (Å²) in [6.45, 7) is 1.46. The molecule has 2 aromatic carbocycles. The Hall–Kier alpha value is -3.89. The van der Waals surface area contributed by atoms with E-state index in [0.717, 1.165) is 12.1 Å². The maximum Gasteiger partial charge on any atom is 0.321 e. The summed E-state index contributed by atoms with van der Waals surface area (Å²) in [7, 11) is 0. The van der Waals surface area contributed by atoms with Crippen LogP contribution in [-0.4, -0.2) is 28.6 Å². The van der Waals surface area contributed by atoms with Crippen LogP contribution in [0.2, 0.25) is 0 Å². The molecule has 5 rings (SSSR count). The Morgan fingerprint density at radius 2 is 1.51 bits per heavy atom. The van der Waals surface area contributed by atoms with Crippen LogP contribution in [0.15, 0.2) is 47.3 Å². The molecular formula is C24H18F5N3O3. The lowest BCUT2D eigenvalue weighted by Crippen LogP contribution is -2.50. The number of anilines is 1. The lowest BCUT2D eigenvalue weighted by molar-refractivity contribution is 0.139. The van der Waals surface area contributed by atoms with E-state index in [1.54, 1.807) is 15.5 Å². The molecule has 182 valence electrons. The maximum absolute atomic E-state index is 13.8. The van der Waals surface area contributed by atoms with E-state index in [0.29, 0.717) is 25.3 Å². The lowest BCUT2D eigenvalue weighted by atomic mass is 9.83. The molecule has 1 fully saturated rings. The number of carbonyl (C=O) groups is 1. The average Bonchev–Trinajstić information content (AvgIpc) is 2.86. The number of likely N-dealkylation sites (tertiary alicyclic amines) is 1. The average molecular weight is 491 g/mol. The third-order valence-electron chi connectivity index (χ3n) is 6.26. The molecule has 2 aliphatic rings. The number of pyridine rings is 1. The summed E-state index contributed by atoms with van der Waals surface area (Å²) in [5.74, 6) is -12.1. The van der Waals surface area contributed by atoms with Gasteiger partial charge < -0.3 is 19.5 Å². The van der Waals surface area contributed by atoms with E-state index < -0.39 is 34.8 Å². The van der Waals surface area contributed by atoms with E-state index in [1.807, 2.05) is 6.07 Å². The Kier molecular flexibility index (Phi) is 5.70. The number of hydrogen-bond acceptors (Lipinski definition) is 3. The topological polar surface area (TPSA) is 63.6 Å². The fourth-order valence-electron chi connectivity index (χ4n) is 4.66. The van der Waals surface area contributed by atoms with Crippen molar-refractivity contribution in [3.63, 3.8) is 0 Å². The first-order valence-corrected chi connectivity index (χ1v) is 10.8. The van der Waals surface area contributed by atoms with E-state index in [9.17, 15) is 31.5 Å². The van der Waals surface area contributed by atoms with Crippen LogP contribution in [0, 0.1) is 35.0 Å². The van der Waals surface area contributed by atoms with Crippen LogP contribution < -0.4 is 15.6 Å². The number of piperidine rings is 1. The zero-order chi connectivity index (χ0) is 24.9. The number of urea groups is 1. The van der Waals surface area contributed by atoms with Crippen molar-refractivity contribution in [2.24, 2.45) is 5.92 Å². The number of halogens is 5. The molecule has 2 bridgehead atoms. The second kappa shape index (κ2) is 8.71. The van der Waals surface area contributed by atoms with Crippen LogP contribution >= 0.6 is 0 Å². The van der Waals surface area contributed by atoms with Gasteiger partial charge in [-0.1, -0.05) is 6.07 Å². The van der Waals surface area contributed by atoms with Gasteiger partial charge in [0.2, 0.25) is 34.8 Å². The highest BCUT2D eigenvalue weighted by atomic mass is 19.2. The molecule has 0 spiro atoms. The minimum atomic E-state index is -2.28. The minimum Gasteiger partial charge on any atom is -0.451 e. The second-order valence-electron chi connectivity index (χ2n) is 8.56. The maximum atomic E-state index is 13.8. The highest BCUT2D eigenvalue weighted by molar-refractivity contribution is 5.89. The van der Waals surface area contributed by atoms with Gasteiger partial charge in [-0.3, -0.25) is 4.79 Å². The number of hydrogen-bond donors (Lipinski definition) is 1. The van der Waals surface area contributed by atoms with Crippen molar-refractivity contribution in [3.8, 4) is 11.5 Å².